The van der Waals surface area contributed by atoms with Gasteiger partial charge in [-0.1, -0.05) is 48.0 Å². The van der Waals surface area contributed by atoms with E-state index in [4.69, 9.17) is 0 Å². The van der Waals surface area contributed by atoms with Crippen molar-refractivity contribution < 1.29 is 0 Å². The smallest absolute Gasteiger partial charge is 0.000977 e. The van der Waals surface area contributed by atoms with Gasteiger partial charge >= 0.3 is 0 Å². The van der Waals surface area contributed by atoms with E-state index in [0.717, 1.165) is 11.8 Å². The van der Waals surface area contributed by atoms with Crippen LogP contribution in [0.25, 0.3) is 0 Å². The lowest BCUT2D eigenvalue weighted by Crippen LogP contribution is -2.24. The molecule has 0 heterocycles. The van der Waals surface area contributed by atoms with E-state index in [1.165, 1.54) is 25.9 Å². The molecule has 0 amide bonds. The fraction of sp³-hybridized carbons (Fsp3) is 1.00. The Kier molecular flexibility index (Phi) is 3.86. The molecule has 1 aliphatic rings. The van der Waals surface area contributed by atoms with Crippen LogP contribution in [0.5, 0.6) is 0 Å². The quantitative estimate of drug-likeness (QED) is 0.706. The Hall–Kier alpha value is -0.0400. The fourth-order valence-electron chi connectivity index (χ4n) is 2.91. The summed E-state index contributed by atoms with van der Waals surface area (Å²) < 4.78 is 0. The van der Waals surface area contributed by atoms with Gasteiger partial charge in [0.2, 0.25) is 0 Å². The molecule has 0 aromatic heterocycles. The predicted octanol–water partition coefficient (Wildman–Crippen LogP) is 3.69. The van der Waals surface area contributed by atoms with Crippen LogP contribution in [0.2, 0.25) is 0 Å². The van der Waals surface area contributed by atoms with Crippen LogP contribution < -0.4 is 5.32 Å². The third-order valence-corrected chi connectivity index (χ3v) is 4.94. The first kappa shape index (κ1) is 13.0. The summed E-state index contributed by atoms with van der Waals surface area (Å²) >= 11 is 0. The molecule has 1 unspecified atom stereocenters. The zero-order valence-electron chi connectivity index (χ0n) is 11.5. The van der Waals surface area contributed by atoms with Gasteiger partial charge in [-0.3, -0.25) is 0 Å². The highest BCUT2D eigenvalue weighted by Gasteiger charge is 2.63. The molecular weight excluding hydrogens is 182 g/mol. The zero-order chi connectivity index (χ0) is 11.7. The molecule has 0 aromatic rings. The van der Waals surface area contributed by atoms with E-state index in [2.05, 4.69) is 46.9 Å². The van der Waals surface area contributed by atoms with Crippen LogP contribution in [0, 0.1) is 22.7 Å². The van der Waals surface area contributed by atoms with Crippen LogP contribution in [0.3, 0.4) is 0 Å². The summed E-state index contributed by atoms with van der Waals surface area (Å²) in [5.41, 5.74) is 1.07. The van der Waals surface area contributed by atoms with E-state index in [-0.39, 0.29) is 0 Å². The Balaban J connectivity index is 2.18. The second-order valence-electron chi connectivity index (χ2n) is 6.55. The summed E-state index contributed by atoms with van der Waals surface area (Å²) in [7, 11) is 0. The number of hydrogen-bond donors (Lipinski definition) is 1. The van der Waals surface area contributed by atoms with Crippen LogP contribution in [0.1, 0.15) is 54.4 Å². The van der Waals surface area contributed by atoms with Crippen molar-refractivity contribution in [3.05, 3.63) is 0 Å². The standard InChI is InChI=1S/C14H29N/c1-7-8-11(2)9-15-10-12-13(3,4)14(12,5)6/h11-12,15H,7-10H2,1-6H3. The number of nitrogens with one attached hydrogen (secondary N) is 1. The maximum atomic E-state index is 3.64. The Labute approximate surface area is 96.0 Å². The summed E-state index contributed by atoms with van der Waals surface area (Å²) in [6.45, 7) is 16.6. The van der Waals surface area contributed by atoms with Gasteiger partial charge in [0.15, 0.2) is 0 Å². The molecule has 1 atom stereocenters. The normalized spacial score (nSPS) is 25.2. The minimum atomic E-state index is 0.536. The van der Waals surface area contributed by atoms with Gasteiger partial charge < -0.3 is 5.32 Å². The topological polar surface area (TPSA) is 12.0 Å². The summed E-state index contributed by atoms with van der Waals surface area (Å²) in [5.74, 6) is 1.69. The minimum absolute atomic E-state index is 0.536. The molecule has 1 nitrogen and oxygen atoms in total. The summed E-state index contributed by atoms with van der Waals surface area (Å²) in [6, 6.07) is 0. The average molecular weight is 211 g/mol. The Morgan fingerprint density at radius 2 is 1.67 bits per heavy atom. The number of hydrogen-bond acceptors (Lipinski definition) is 1. The second kappa shape index (κ2) is 4.45. The van der Waals surface area contributed by atoms with Crippen LogP contribution in [-0.4, -0.2) is 13.1 Å². The maximum Gasteiger partial charge on any atom is -0.000977 e. The third-order valence-electron chi connectivity index (χ3n) is 4.94. The van der Waals surface area contributed by atoms with Gasteiger partial charge in [0.05, 0.1) is 0 Å². The highest BCUT2D eigenvalue weighted by atomic mass is 14.9. The molecule has 1 rings (SSSR count). The SMILES string of the molecule is CCCC(C)CNCC1C(C)(C)C1(C)C. The van der Waals surface area contributed by atoms with E-state index in [0.29, 0.717) is 10.8 Å². The molecule has 0 radical (unpaired) electrons. The Bertz CT molecular complexity index is 191. The molecule has 0 spiro atoms. The lowest BCUT2D eigenvalue weighted by atomic mass is 10.0. The van der Waals surface area contributed by atoms with E-state index in [9.17, 15) is 0 Å². The van der Waals surface area contributed by atoms with Crippen molar-refractivity contribution in [2.24, 2.45) is 22.7 Å². The van der Waals surface area contributed by atoms with Crippen LogP contribution in [-0.2, 0) is 0 Å². The Morgan fingerprint density at radius 1 is 1.13 bits per heavy atom. The van der Waals surface area contributed by atoms with E-state index < -0.39 is 0 Å². The molecule has 0 saturated heterocycles. The molecule has 1 aliphatic carbocycles. The first-order chi connectivity index (χ1) is 6.84. The summed E-state index contributed by atoms with van der Waals surface area (Å²) in [6.07, 6.45) is 2.66. The first-order valence-electron chi connectivity index (χ1n) is 6.54. The van der Waals surface area contributed by atoms with Crippen LogP contribution in [0.15, 0.2) is 0 Å². The highest BCUT2D eigenvalue weighted by molar-refractivity contribution is 5.12. The molecular formula is C14H29N. The molecule has 1 fully saturated rings. The zero-order valence-corrected chi connectivity index (χ0v) is 11.5. The molecule has 1 saturated carbocycles. The van der Waals surface area contributed by atoms with Gasteiger partial charge in [0, 0.05) is 0 Å². The van der Waals surface area contributed by atoms with E-state index >= 15 is 0 Å². The molecule has 90 valence electrons. The average Bonchev–Trinajstić information content (AvgIpc) is 2.48. The van der Waals surface area contributed by atoms with Crippen molar-refractivity contribution in [1.82, 2.24) is 5.32 Å². The van der Waals surface area contributed by atoms with Gasteiger partial charge in [0.25, 0.3) is 0 Å². The van der Waals surface area contributed by atoms with Crippen molar-refractivity contribution in [2.75, 3.05) is 13.1 Å². The van der Waals surface area contributed by atoms with Crippen molar-refractivity contribution in [3.8, 4) is 0 Å². The predicted molar refractivity (Wildman–Crippen MR) is 68.0 cm³/mol. The van der Waals surface area contributed by atoms with Gasteiger partial charge in [0.1, 0.15) is 0 Å². The molecule has 15 heavy (non-hydrogen) atoms. The number of rotatable bonds is 6. The van der Waals surface area contributed by atoms with Crippen molar-refractivity contribution in [3.63, 3.8) is 0 Å². The minimum Gasteiger partial charge on any atom is -0.316 e. The maximum absolute atomic E-state index is 3.64. The van der Waals surface area contributed by atoms with Gasteiger partial charge in [-0.05, 0) is 42.2 Å². The lowest BCUT2D eigenvalue weighted by molar-refractivity contribution is 0.448. The Morgan fingerprint density at radius 3 is 2.07 bits per heavy atom. The van der Waals surface area contributed by atoms with Crippen LogP contribution >= 0.6 is 0 Å². The van der Waals surface area contributed by atoms with Crippen molar-refractivity contribution in [1.29, 1.82) is 0 Å². The van der Waals surface area contributed by atoms with Gasteiger partial charge in [-0.25, -0.2) is 0 Å². The largest absolute Gasteiger partial charge is 0.316 e. The summed E-state index contributed by atoms with van der Waals surface area (Å²) in [5, 5.41) is 3.64. The molecule has 1 heteroatoms. The molecule has 0 aliphatic heterocycles. The monoisotopic (exact) mass is 211 g/mol. The molecule has 0 aromatic carbocycles. The van der Waals surface area contributed by atoms with Crippen LogP contribution in [0.4, 0.5) is 0 Å². The lowest BCUT2D eigenvalue weighted by Gasteiger charge is -2.12. The first-order valence-corrected chi connectivity index (χ1v) is 6.54. The van der Waals surface area contributed by atoms with Crippen molar-refractivity contribution >= 4 is 0 Å². The summed E-state index contributed by atoms with van der Waals surface area (Å²) in [4.78, 5) is 0. The van der Waals surface area contributed by atoms with Gasteiger partial charge in [-0.15, -0.1) is 0 Å². The van der Waals surface area contributed by atoms with Crippen molar-refractivity contribution in [2.45, 2.75) is 54.4 Å². The molecule has 1 N–H and O–H groups in total. The van der Waals surface area contributed by atoms with E-state index in [1.54, 1.807) is 0 Å². The highest BCUT2D eigenvalue weighted by Crippen LogP contribution is 2.67. The van der Waals surface area contributed by atoms with Gasteiger partial charge in [-0.2, -0.15) is 0 Å². The third kappa shape index (κ3) is 2.55. The fourth-order valence-corrected chi connectivity index (χ4v) is 2.91. The second-order valence-corrected chi connectivity index (χ2v) is 6.55. The van der Waals surface area contributed by atoms with E-state index in [1.807, 2.05) is 0 Å². The molecule has 0 bridgehead atoms.